The molecule has 3 unspecified atom stereocenters. The number of likely N-dealkylation sites (tertiary alicyclic amines) is 1. The molecule has 1 aliphatic heterocycles. The Kier molecular flexibility index (Phi) is 5.45. The van der Waals surface area contributed by atoms with E-state index in [9.17, 15) is 14.4 Å². The fraction of sp³-hybridized carbons (Fsp3) is 0.381. The lowest BCUT2D eigenvalue weighted by molar-refractivity contribution is -0.136. The van der Waals surface area contributed by atoms with Crippen LogP contribution in [0.4, 0.5) is 11.5 Å². The van der Waals surface area contributed by atoms with E-state index in [1.165, 1.54) is 25.5 Å². The first kappa shape index (κ1) is 20.6. The molecular formula is C21H23N7O3. The number of aryl methyl sites for hydroxylation is 1. The second-order valence-electron chi connectivity index (χ2n) is 7.86. The molecule has 1 saturated carbocycles. The van der Waals surface area contributed by atoms with Gasteiger partial charge in [-0.2, -0.15) is 0 Å². The van der Waals surface area contributed by atoms with Gasteiger partial charge in [0.25, 0.3) is 0 Å². The molecule has 3 heterocycles. The normalized spacial score (nSPS) is 21.2. The van der Waals surface area contributed by atoms with Crippen LogP contribution in [0.3, 0.4) is 0 Å². The summed E-state index contributed by atoms with van der Waals surface area (Å²) >= 11 is 0. The van der Waals surface area contributed by atoms with Gasteiger partial charge in [-0.25, -0.2) is 4.98 Å². The average molecular weight is 421 g/mol. The summed E-state index contributed by atoms with van der Waals surface area (Å²) in [7, 11) is 0. The Hall–Kier alpha value is -3.69. The molecule has 31 heavy (non-hydrogen) atoms. The van der Waals surface area contributed by atoms with E-state index in [1.54, 1.807) is 24.1 Å². The maximum absolute atomic E-state index is 13.0. The van der Waals surface area contributed by atoms with Crippen LogP contribution in [-0.4, -0.2) is 61.8 Å². The molecule has 4 rings (SSSR count). The standard InChI is InChI=1S/C21H23N7O3/c1-11-7-24-9-18(26-11)27-21(31)17-6-13-5-16(13)28(17)19(30)10-25-15-8-23-4-3-14(15)20(22)12(2)29/h3-4,7-9,13,16-17,22,25H,5-6,10H2,1-2H3,(H,26,27,31). The number of nitrogens with zero attached hydrogens (tertiary/aromatic N) is 4. The van der Waals surface area contributed by atoms with Crippen molar-refractivity contribution in [3.05, 3.63) is 42.1 Å². The number of carbonyl (C=O) groups is 3. The van der Waals surface area contributed by atoms with Gasteiger partial charge in [-0.3, -0.25) is 29.8 Å². The Morgan fingerprint density at radius 3 is 2.74 bits per heavy atom. The number of carbonyl (C=O) groups excluding carboxylic acids is 3. The zero-order valence-electron chi connectivity index (χ0n) is 17.3. The van der Waals surface area contributed by atoms with Gasteiger partial charge in [-0.05, 0) is 31.7 Å². The number of fused-ring (bicyclic) bond motifs is 1. The smallest absolute Gasteiger partial charge is 0.248 e. The molecule has 0 aromatic carbocycles. The van der Waals surface area contributed by atoms with E-state index in [2.05, 4.69) is 25.6 Å². The molecule has 0 radical (unpaired) electrons. The highest BCUT2D eigenvalue weighted by atomic mass is 16.2. The van der Waals surface area contributed by atoms with E-state index in [4.69, 9.17) is 5.41 Å². The number of rotatable bonds is 7. The quantitative estimate of drug-likeness (QED) is 0.570. The molecule has 0 spiro atoms. The number of ketones is 1. The summed E-state index contributed by atoms with van der Waals surface area (Å²) in [6.45, 7) is 3.03. The van der Waals surface area contributed by atoms with Crippen molar-refractivity contribution in [1.82, 2.24) is 19.9 Å². The van der Waals surface area contributed by atoms with Crippen LogP contribution in [0.5, 0.6) is 0 Å². The highest BCUT2D eigenvalue weighted by molar-refractivity contribution is 6.45. The molecule has 1 aliphatic carbocycles. The molecule has 2 aromatic heterocycles. The first-order valence-corrected chi connectivity index (χ1v) is 10.0. The molecule has 0 bridgehead atoms. The molecule has 160 valence electrons. The van der Waals surface area contributed by atoms with Crippen molar-refractivity contribution in [2.24, 2.45) is 5.92 Å². The van der Waals surface area contributed by atoms with Gasteiger partial charge in [-0.1, -0.05) is 0 Å². The zero-order valence-corrected chi connectivity index (χ0v) is 17.3. The molecule has 2 aromatic rings. The van der Waals surface area contributed by atoms with Gasteiger partial charge in [-0.15, -0.1) is 0 Å². The Bertz CT molecular complexity index is 1070. The van der Waals surface area contributed by atoms with E-state index < -0.39 is 6.04 Å². The number of anilines is 2. The summed E-state index contributed by atoms with van der Waals surface area (Å²) in [6, 6.07) is 1.06. The van der Waals surface area contributed by atoms with Crippen LogP contribution in [0.25, 0.3) is 0 Å². The Labute approximate surface area is 179 Å². The van der Waals surface area contributed by atoms with Gasteiger partial charge in [0.2, 0.25) is 11.8 Å². The maximum Gasteiger partial charge on any atom is 0.248 e. The topological polar surface area (TPSA) is 141 Å². The fourth-order valence-electron chi connectivity index (χ4n) is 3.99. The predicted octanol–water partition coefficient (Wildman–Crippen LogP) is 1.18. The molecule has 2 fully saturated rings. The minimum atomic E-state index is -0.566. The van der Waals surface area contributed by atoms with Crippen LogP contribution in [0, 0.1) is 18.3 Å². The Morgan fingerprint density at radius 1 is 1.19 bits per heavy atom. The van der Waals surface area contributed by atoms with Crippen molar-refractivity contribution in [3.63, 3.8) is 0 Å². The first-order valence-electron chi connectivity index (χ1n) is 10.0. The van der Waals surface area contributed by atoms with Gasteiger partial charge in [0.15, 0.2) is 11.6 Å². The monoisotopic (exact) mass is 421 g/mol. The third kappa shape index (κ3) is 4.27. The highest BCUT2D eigenvalue weighted by Gasteiger charge is 2.55. The summed E-state index contributed by atoms with van der Waals surface area (Å²) in [5.74, 6) is -0.176. The summed E-state index contributed by atoms with van der Waals surface area (Å²) < 4.78 is 0. The number of pyridine rings is 1. The molecule has 2 aliphatic rings. The van der Waals surface area contributed by atoms with E-state index >= 15 is 0 Å². The number of amides is 2. The minimum Gasteiger partial charge on any atom is -0.374 e. The molecule has 3 atom stereocenters. The lowest BCUT2D eigenvalue weighted by Crippen LogP contribution is -2.47. The number of nitrogens with one attached hydrogen (secondary N) is 3. The van der Waals surface area contributed by atoms with Gasteiger partial charge >= 0.3 is 0 Å². The molecule has 2 amide bonds. The Morgan fingerprint density at radius 2 is 2.00 bits per heavy atom. The average Bonchev–Trinajstić information content (AvgIpc) is 3.41. The summed E-state index contributed by atoms with van der Waals surface area (Å²) in [4.78, 5) is 51.3. The molecular weight excluding hydrogens is 398 g/mol. The van der Waals surface area contributed by atoms with Crippen molar-refractivity contribution in [3.8, 4) is 0 Å². The molecule has 3 N–H and O–H groups in total. The van der Waals surface area contributed by atoms with Crippen molar-refractivity contribution < 1.29 is 14.4 Å². The van der Waals surface area contributed by atoms with Crippen molar-refractivity contribution in [1.29, 1.82) is 5.41 Å². The van der Waals surface area contributed by atoms with Crippen LogP contribution >= 0.6 is 0 Å². The van der Waals surface area contributed by atoms with Gasteiger partial charge in [0.05, 0.1) is 30.3 Å². The second-order valence-corrected chi connectivity index (χ2v) is 7.86. The largest absolute Gasteiger partial charge is 0.374 e. The predicted molar refractivity (Wildman–Crippen MR) is 113 cm³/mol. The number of hydrogen-bond donors (Lipinski definition) is 3. The number of Topliss-reactive ketones (excluding diaryl/α,β-unsaturated/α-hetero) is 1. The van der Waals surface area contributed by atoms with Crippen molar-refractivity contribution in [2.45, 2.75) is 38.8 Å². The van der Waals surface area contributed by atoms with Crippen molar-refractivity contribution >= 4 is 34.8 Å². The van der Waals surface area contributed by atoms with Crippen LogP contribution in [-0.2, 0) is 14.4 Å². The summed E-state index contributed by atoms with van der Waals surface area (Å²) in [5, 5.41) is 13.7. The third-order valence-corrected chi connectivity index (χ3v) is 5.57. The van der Waals surface area contributed by atoms with Crippen LogP contribution in [0.1, 0.15) is 31.0 Å². The lowest BCUT2D eigenvalue weighted by Gasteiger charge is -2.27. The number of piperidine rings is 1. The van der Waals surface area contributed by atoms with E-state index in [1.807, 2.05) is 0 Å². The van der Waals surface area contributed by atoms with Crippen LogP contribution in [0.2, 0.25) is 0 Å². The van der Waals surface area contributed by atoms with Crippen LogP contribution in [0.15, 0.2) is 30.9 Å². The maximum atomic E-state index is 13.0. The lowest BCUT2D eigenvalue weighted by atomic mass is 10.1. The molecule has 10 nitrogen and oxygen atoms in total. The number of hydrogen-bond acceptors (Lipinski definition) is 8. The van der Waals surface area contributed by atoms with Gasteiger partial charge in [0.1, 0.15) is 11.8 Å². The molecule has 10 heteroatoms. The zero-order chi connectivity index (χ0) is 22.1. The SMILES string of the molecule is CC(=O)C(=N)c1ccncc1NCC(=O)N1C(C(=O)Nc2cncc(C)n2)CC2CC21. The van der Waals surface area contributed by atoms with Gasteiger partial charge < -0.3 is 15.5 Å². The summed E-state index contributed by atoms with van der Waals surface area (Å²) in [6.07, 6.45) is 7.55. The molecule has 1 saturated heterocycles. The Balaban J connectivity index is 1.44. The van der Waals surface area contributed by atoms with Gasteiger partial charge in [0, 0.05) is 30.9 Å². The number of aromatic nitrogens is 3. The van der Waals surface area contributed by atoms with E-state index in [0.717, 1.165) is 6.42 Å². The second kappa shape index (κ2) is 8.21. The first-order chi connectivity index (χ1) is 14.8. The van der Waals surface area contributed by atoms with Crippen LogP contribution < -0.4 is 10.6 Å². The van der Waals surface area contributed by atoms with E-state index in [0.29, 0.717) is 35.1 Å². The third-order valence-electron chi connectivity index (χ3n) is 5.57. The fourth-order valence-corrected chi connectivity index (χ4v) is 3.99. The summed E-state index contributed by atoms with van der Waals surface area (Å²) in [5.41, 5.74) is 1.34. The van der Waals surface area contributed by atoms with Crippen molar-refractivity contribution in [2.75, 3.05) is 17.2 Å². The van der Waals surface area contributed by atoms with E-state index in [-0.39, 0.29) is 35.9 Å². The highest BCUT2D eigenvalue weighted by Crippen LogP contribution is 2.48. The minimum absolute atomic E-state index is 0.0672.